The Bertz CT molecular complexity index is 675. The summed E-state index contributed by atoms with van der Waals surface area (Å²) in [6, 6.07) is 8.19. The fraction of sp³-hybridized carbons (Fsp3) is 0.353. The average molecular weight is 311 g/mol. The molecule has 1 N–H and O–H groups in total. The number of piperazine rings is 1. The number of aromatic nitrogens is 2. The third kappa shape index (κ3) is 3.77. The number of nitrogens with zero attached hydrogens (tertiary/aromatic N) is 4. The molecule has 1 aliphatic heterocycles. The first-order valence-electron chi connectivity index (χ1n) is 7.77. The molecule has 0 bridgehead atoms. The van der Waals surface area contributed by atoms with Gasteiger partial charge in [0.25, 0.3) is 0 Å². The molecule has 0 unspecified atom stereocenters. The first-order valence-corrected chi connectivity index (χ1v) is 7.77. The predicted octanol–water partition coefficient (Wildman–Crippen LogP) is 2.12. The van der Waals surface area contributed by atoms with Crippen molar-refractivity contribution in [2.45, 2.75) is 13.8 Å². The Morgan fingerprint density at radius 2 is 1.78 bits per heavy atom. The van der Waals surface area contributed by atoms with Gasteiger partial charge in [0.2, 0.25) is 12.4 Å². The second-order valence-corrected chi connectivity index (χ2v) is 5.87. The molecule has 23 heavy (non-hydrogen) atoms. The van der Waals surface area contributed by atoms with Crippen molar-refractivity contribution in [3.05, 3.63) is 41.6 Å². The summed E-state index contributed by atoms with van der Waals surface area (Å²) < 4.78 is 0. The van der Waals surface area contributed by atoms with Crippen LogP contribution in [0.25, 0.3) is 0 Å². The maximum atomic E-state index is 10.8. The number of benzene rings is 1. The first kappa shape index (κ1) is 15.3. The van der Waals surface area contributed by atoms with Crippen LogP contribution in [0.1, 0.15) is 11.1 Å². The maximum Gasteiger partial charge on any atom is 0.229 e. The molecule has 0 radical (unpaired) electrons. The second kappa shape index (κ2) is 6.64. The number of hydrogen-bond donors (Lipinski definition) is 1. The van der Waals surface area contributed by atoms with Gasteiger partial charge in [0, 0.05) is 38.1 Å². The van der Waals surface area contributed by atoms with E-state index in [1.165, 1.54) is 11.1 Å². The van der Waals surface area contributed by atoms with Crippen molar-refractivity contribution in [3.63, 3.8) is 0 Å². The van der Waals surface area contributed by atoms with Crippen molar-refractivity contribution in [1.29, 1.82) is 0 Å². The van der Waals surface area contributed by atoms with Gasteiger partial charge in [0.05, 0.1) is 0 Å². The van der Waals surface area contributed by atoms with Crippen LogP contribution in [0.5, 0.6) is 0 Å². The lowest BCUT2D eigenvalue weighted by Crippen LogP contribution is -2.46. The largest absolute Gasteiger partial charge is 0.353 e. The monoisotopic (exact) mass is 311 g/mol. The van der Waals surface area contributed by atoms with Crippen LogP contribution in [0.2, 0.25) is 0 Å². The van der Waals surface area contributed by atoms with Gasteiger partial charge in [-0.2, -0.15) is 4.98 Å². The summed E-state index contributed by atoms with van der Waals surface area (Å²) in [5.74, 6) is 1.47. The van der Waals surface area contributed by atoms with E-state index < -0.39 is 0 Å². The van der Waals surface area contributed by atoms with E-state index in [0.717, 1.165) is 44.1 Å². The molecule has 120 valence electrons. The molecule has 1 aliphatic rings. The molecule has 6 nitrogen and oxygen atoms in total. The van der Waals surface area contributed by atoms with Crippen LogP contribution in [0.15, 0.2) is 30.5 Å². The Labute approximate surface area is 136 Å². The first-order chi connectivity index (χ1) is 11.1. The van der Waals surface area contributed by atoms with Crippen LogP contribution in [-0.2, 0) is 4.79 Å². The minimum absolute atomic E-state index is 0.588. The van der Waals surface area contributed by atoms with Gasteiger partial charge in [0.1, 0.15) is 5.82 Å². The van der Waals surface area contributed by atoms with Gasteiger partial charge < -0.3 is 15.1 Å². The topological polar surface area (TPSA) is 61.4 Å². The average Bonchev–Trinajstić information content (AvgIpc) is 2.54. The van der Waals surface area contributed by atoms with Crippen LogP contribution in [-0.4, -0.2) is 47.5 Å². The molecule has 0 spiro atoms. The van der Waals surface area contributed by atoms with E-state index in [4.69, 9.17) is 0 Å². The van der Waals surface area contributed by atoms with Gasteiger partial charge in [-0.15, -0.1) is 0 Å². The molecular weight excluding hydrogens is 290 g/mol. The number of aryl methyl sites for hydroxylation is 2. The van der Waals surface area contributed by atoms with Gasteiger partial charge in [-0.1, -0.05) is 6.07 Å². The Balaban J connectivity index is 1.73. The molecule has 0 atom stereocenters. The SMILES string of the molecule is Cc1cc(C)cc(Nc2nccc(N3CCN(C=O)CC3)n2)c1. The zero-order valence-corrected chi connectivity index (χ0v) is 13.5. The predicted molar refractivity (Wildman–Crippen MR) is 91.1 cm³/mol. The van der Waals surface area contributed by atoms with Crippen LogP contribution in [0.4, 0.5) is 17.5 Å². The summed E-state index contributed by atoms with van der Waals surface area (Å²) in [5, 5.41) is 3.27. The molecular formula is C17H21N5O. The van der Waals surface area contributed by atoms with Crippen molar-refractivity contribution in [2.75, 3.05) is 36.4 Å². The standard InChI is InChI=1S/C17H21N5O/c1-13-9-14(2)11-15(10-13)19-17-18-4-3-16(20-17)22-7-5-21(12-23)6-8-22/h3-4,9-12H,5-8H2,1-2H3,(H,18,19,20). The smallest absolute Gasteiger partial charge is 0.229 e. The summed E-state index contributed by atoms with van der Waals surface area (Å²) in [6.45, 7) is 7.18. The zero-order chi connectivity index (χ0) is 16.2. The lowest BCUT2D eigenvalue weighted by atomic mass is 10.1. The van der Waals surface area contributed by atoms with Gasteiger partial charge in [0.15, 0.2) is 0 Å². The van der Waals surface area contributed by atoms with E-state index >= 15 is 0 Å². The molecule has 3 rings (SSSR count). The number of anilines is 3. The molecule has 1 fully saturated rings. The Hall–Kier alpha value is -2.63. The van der Waals surface area contributed by atoms with Gasteiger partial charge >= 0.3 is 0 Å². The number of amides is 1. The third-order valence-corrected chi connectivity index (χ3v) is 3.91. The fourth-order valence-electron chi connectivity index (χ4n) is 2.82. The quantitative estimate of drug-likeness (QED) is 0.876. The van der Waals surface area contributed by atoms with Gasteiger partial charge in [-0.3, -0.25) is 4.79 Å². The van der Waals surface area contributed by atoms with Gasteiger partial charge in [-0.05, 0) is 43.2 Å². The van der Waals surface area contributed by atoms with Crippen molar-refractivity contribution in [2.24, 2.45) is 0 Å². The summed E-state index contributed by atoms with van der Waals surface area (Å²) in [7, 11) is 0. The van der Waals surface area contributed by atoms with E-state index in [-0.39, 0.29) is 0 Å². The minimum Gasteiger partial charge on any atom is -0.353 e. The number of nitrogens with one attached hydrogen (secondary N) is 1. The third-order valence-electron chi connectivity index (χ3n) is 3.91. The van der Waals surface area contributed by atoms with Crippen LogP contribution in [0.3, 0.4) is 0 Å². The molecule has 1 aromatic carbocycles. The highest BCUT2D eigenvalue weighted by atomic mass is 16.1. The molecule has 1 saturated heterocycles. The highest BCUT2D eigenvalue weighted by Crippen LogP contribution is 2.19. The number of rotatable bonds is 4. The molecule has 0 aliphatic carbocycles. The van der Waals surface area contributed by atoms with E-state index in [1.54, 1.807) is 11.1 Å². The molecule has 2 aromatic rings. The number of hydrogen-bond acceptors (Lipinski definition) is 5. The van der Waals surface area contributed by atoms with Crippen molar-refractivity contribution >= 4 is 23.9 Å². The Morgan fingerprint density at radius 1 is 1.09 bits per heavy atom. The van der Waals surface area contributed by atoms with E-state index in [2.05, 4.69) is 52.2 Å². The summed E-state index contributed by atoms with van der Waals surface area (Å²) in [4.78, 5) is 23.6. The Morgan fingerprint density at radius 3 is 2.43 bits per heavy atom. The Kier molecular flexibility index (Phi) is 4.41. The molecule has 6 heteroatoms. The van der Waals surface area contributed by atoms with Crippen LogP contribution < -0.4 is 10.2 Å². The molecule has 1 aromatic heterocycles. The molecule has 0 saturated carbocycles. The van der Waals surface area contributed by atoms with E-state index in [9.17, 15) is 4.79 Å². The van der Waals surface area contributed by atoms with Crippen molar-refractivity contribution in [3.8, 4) is 0 Å². The van der Waals surface area contributed by atoms with E-state index in [1.807, 2.05) is 6.07 Å². The molecule has 2 heterocycles. The normalized spacial score (nSPS) is 14.7. The lowest BCUT2D eigenvalue weighted by molar-refractivity contribution is -0.118. The fourth-order valence-corrected chi connectivity index (χ4v) is 2.82. The van der Waals surface area contributed by atoms with Crippen molar-refractivity contribution in [1.82, 2.24) is 14.9 Å². The lowest BCUT2D eigenvalue weighted by Gasteiger charge is -2.33. The summed E-state index contributed by atoms with van der Waals surface area (Å²) in [5.41, 5.74) is 3.40. The van der Waals surface area contributed by atoms with Crippen LogP contribution >= 0.6 is 0 Å². The van der Waals surface area contributed by atoms with E-state index in [0.29, 0.717) is 5.95 Å². The van der Waals surface area contributed by atoms with Gasteiger partial charge in [-0.25, -0.2) is 4.98 Å². The highest BCUT2D eigenvalue weighted by molar-refractivity contribution is 5.57. The maximum absolute atomic E-state index is 10.8. The summed E-state index contributed by atoms with van der Waals surface area (Å²) >= 11 is 0. The molecule has 1 amide bonds. The summed E-state index contributed by atoms with van der Waals surface area (Å²) in [6.07, 6.45) is 2.67. The van der Waals surface area contributed by atoms with Crippen molar-refractivity contribution < 1.29 is 4.79 Å². The highest BCUT2D eigenvalue weighted by Gasteiger charge is 2.17. The number of carbonyl (C=O) groups excluding carboxylic acids is 1. The minimum atomic E-state index is 0.588. The second-order valence-electron chi connectivity index (χ2n) is 5.87. The van der Waals surface area contributed by atoms with Crippen LogP contribution in [0, 0.1) is 13.8 Å². The number of carbonyl (C=O) groups is 1. The zero-order valence-electron chi connectivity index (χ0n) is 13.5.